The van der Waals surface area contributed by atoms with E-state index in [0.29, 0.717) is 17.0 Å². The van der Waals surface area contributed by atoms with Gasteiger partial charge in [-0.05, 0) is 29.7 Å². The molecule has 174 valence electrons. The molecule has 2 heterocycles. The summed E-state index contributed by atoms with van der Waals surface area (Å²) in [7, 11) is 0. The Labute approximate surface area is 206 Å². The number of benzene rings is 2. The lowest BCUT2D eigenvalue weighted by Gasteiger charge is -2.31. The third-order valence-electron chi connectivity index (χ3n) is 6.54. The number of carbonyl (C=O) groups excluding carboxylic acids is 2. The van der Waals surface area contributed by atoms with Crippen LogP contribution in [-0.2, 0) is 20.8 Å². The molecule has 2 N–H and O–H groups in total. The molecule has 0 saturated carbocycles. The first-order valence-electron chi connectivity index (χ1n) is 10.8. The normalized spacial score (nSPS) is 26.7. The van der Waals surface area contributed by atoms with Crippen molar-refractivity contribution in [2.24, 2.45) is 11.8 Å². The van der Waals surface area contributed by atoms with Gasteiger partial charge in [-0.25, -0.2) is 0 Å². The molecule has 4 rings (SSSR count). The highest BCUT2D eigenvalue weighted by Gasteiger charge is 2.68. The van der Waals surface area contributed by atoms with E-state index in [0.717, 1.165) is 12.0 Å². The number of nitrogens with one attached hydrogen (secondary N) is 1. The standard InChI is InChI=1S/C24H23Cl3N2O4/c1-2-3-9-29-21(30)17-18(22(29)31)24(23(32)33,12-13-7-5-4-6-8-13)28-20(17)15-10-14(25)11-16(26)19(15)27/h4-8,10-11,17-18,20,28H,2-3,9,12H2,1H3,(H,32,33). The molecule has 33 heavy (non-hydrogen) atoms. The van der Waals surface area contributed by atoms with Crippen molar-refractivity contribution in [3.63, 3.8) is 0 Å². The monoisotopic (exact) mass is 508 g/mol. The van der Waals surface area contributed by atoms with Crippen molar-refractivity contribution in [1.29, 1.82) is 0 Å². The molecule has 6 nitrogen and oxygen atoms in total. The molecule has 4 unspecified atom stereocenters. The van der Waals surface area contributed by atoms with Gasteiger partial charge in [0.05, 0.1) is 21.9 Å². The summed E-state index contributed by atoms with van der Waals surface area (Å²) in [5, 5.41) is 14.2. The lowest BCUT2D eigenvalue weighted by molar-refractivity contribution is -0.151. The van der Waals surface area contributed by atoms with E-state index in [4.69, 9.17) is 34.8 Å². The quantitative estimate of drug-likeness (QED) is 0.415. The van der Waals surface area contributed by atoms with E-state index in [1.165, 1.54) is 11.0 Å². The Balaban J connectivity index is 1.87. The summed E-state index contributed by atoms with van der Waals surface area (Å²) in [6, 6.07) is 11.2. The number of halogens is 3. The molecule has 2 saturated heterocycles. The van der Waals surface area contributed by atoms with Gasteiger partial charge in [-0.15, -0.1) is 0 Å². The SMILES string of the molecule is CCCCN1C(=O)C2C(c3cc(Cl)cc(Cl)c3Cl)NC(Cc3ccccc3)(C(=O)O)C2C1=O. The first kappa shape index (κ1) is 24.0. The first-order valence-corrected chi connectivity index (χ1v) is 11.9. The molecule has 0 radical (unpaired) electrons. The van der Waals surface area contributed by atoms with E-state index < -0.39 is 41.2 Å². The van der Waals surface area contributed by atoms with Crippen molar-refractivity contribution < 1.29 is 19.5 Å². The Kier molecular flexibility index (Phi) is 6.74. The molecule has 2 aliphatic rings. The number of carboxylic acid groups (broad SMARTS) is 1. The minimum atomic E-state index is -1.71. The fourth-order valence-electron chi connectivity index (χ4n) is 5.02. The van der Waals surface area contributed by atoms with Crippen molar-refractivity contribution in [3.8, 4) is 0 Å². The minimum Gasteiger partial charge on any atom is -0.480 e. The van der Waals surface area contributed by atoms with Crippen LogP contribution in [0.3, 0.4) is 0 Å². The topological polar surface area (TPSA) is 86.7 Å². The molecule has 2 fully saturated rings. The van der Waals surface area contributed by atoms with Gasteiger partial charge in [-0.2, -0.15) is 0 Å². The van der Waals surface area contributed by atoms with Crippen LogP contribution in [0.15, 0.2) is 42.5 Å². The number of likely N-dealkylation sites (tertiary alicyclic amines) is 1. The predicted octanol–water partition coefficient (Wildman–Crippen LogP) is 4.76. The maximum Gasteiger partial charge on any atom is 0.325 e. The van der Waals surface area contributed by atoms with Crippen LogP contribution in [0.1, 0.15) is 36.9 Å². The van der Waals surface area contributed by atoms with Crippen LogP contribution in [0.2, 0.25) is 15.1 Å². The molecule has 9 heteroatoms. The van der Waals surface area contributed by atoms with Crippen LogP contribution in [0, 0.1) is 11.8 Å². The van der Waals surface area contributed by atoms with Crippen LogP contribution in [0.25, 0.3) is 0 Å². The van der Waals surface area contributed by atoms with Crippen LogP contribution in [-0.4, -0.2) is 39.9 Å². The minimum absolute atomic E-state index is 0.0212. The molecule has 2 aromatic rings. The maximum absolute atomic E-state index is 13.5. The van der Waals surface area contributed by atoms with E-state index in [1.54, 1.807) is 30.3 Å². The van der Waals surface area contributed by atoms with Crippen LogP contribution >= 0.6 is 34.8 Å². The third kappa shape index (κ3) is 4.03. The zero-order valence-corrected chi connectivity index (χ0v) is 20.1. The molecular weight excluding hydrogens is 487 g/mol. The summed E-state index contributed by atoms with van der Waals surface area (Å²) in [5.74, 6) is -4.12. The number of amides is 2. The lowest BCUT2D eigenvalue weighted by atomic mass is 9.76. The first-order chi connectivity index (χ1) is 15.7. The van der Waals surface area contributed by atoms with Crippen molar-refractivity contribution in [1.82, 2.24) is 10.2 Å². The van der Waals surface area contributed by atoms with Gasteiger partial charge in [-0.1, -0.05) is 78.5 Å². The van der Waals surface area contributed by atoms with E-state index >= 15 is 0 Å². The van der Waals surface area contributed by atoms with Gasteiger partial charge in [-0.3, -0.25) is 24.6 Å². The van der Waals surface area contributed by atoms with Crippen molar-refractivity contribution in [2.75, 3.05) is 6.54 Å². The Hall–Kier alpha value is -2.12. The molecule has 0 spiro atoms. The number of imide groups is 1. The van der Waals surface area contributed by atoms with Crippen LogP contribution in [0.4, 0.5) is 0 Å². The maximum atomic E-state index is 13.5. The molecule has 0 aromatic heterocycles. The Bertz CT molecular complexity index is 1110. The number of hydrogen-bond donors (Lipinski definition) is 2. The number of unbranched alkanes of at least 4 members (excludes halogenated alkanes) is 1. The molecule has 2 aliphatic heterocycles. The second-order valence-electron chi connectivity index (χ2n) is 8.54. The van der Waals surface area contributed by atoms with E-state index in [-0.39, 0.29) is 23.0 Å². The van der Waals surface area contributed by atoms with Gasteiger partial charge in [0, 0.05) is 24.0 Å². The van der Waals surface area contributed by atoms with Gasteiger partial charge < -0.3 is 5.11 Å². The van der Waals surface area contributed by atoms with Crippen LogP contribution in [0.5, 0.6) is 0 Å². The summed E-state index contributed by atoms with van der Waals surface area (Å²) < 4.78 is 0. The van der Waals surface area contributed by atoms with E-state index in [1.807, 2.05) is 13.0 Å². The average molecular weight is 510 g/mol. The van der Waals surface area contributed by atoms with Gasteiger partial charge >= 0.3 is 5.97 Å². The fraction of sp³-hybridized carbons (Fsp3) is 0.375. The predicted molar refractivity (Wildman–Crippen MR) is 126 cm³/mol. The number of aliphatic carboxylic acids is 1. The zero-order chi connectivity index (χ0) is 23.9. The molecule has 2 aromatic carbocycles. The van der Waals surface area contributed by atoms with Crippen molar-refractivity contribution in [3.05, 3.63) is 68.7 Å². The molecule has 0 bridgehead atoms. The summed E-state index contributed by atoms with van der Waals surface area (Å²) in [6.45, 7) is 2.21. The number of carboxylic acids is 1. The van der Waals surface area contributed by atoms with Crippen molar-refractivity contribution >= 4 is 52.6 Å². The number of rotatable bonds is 7. The third-order valence-corrected chi connectivity index (χ3v) is 7.58. The molecule has 2 amide bonds. The number of hydrogen-bond acceptors (Lipinski definition) is 4. The fourth-order valence-corrected chi connectivity index (χ4v) is 5.76. The molecular formula is C24H23Cl3N2O4. The molecule has 0 aliphatic carbocycles. The highest BCUT2D eigenvalue weighted by molar-refractivity contribution is 6.43. The highest BCUT2D eigenvalue weighted by atomic mass is 35.5. The summed E-state index contributed by atoms with van der Waals surface area (Å²) in [4.78, 5) is 41.0. The number of carbonyl (C=O) groups is 3. The number of nitrogens with zero attached hydrogens (tertiary/aromatic N) is 1. The highest BCUT2D eigenvalue weighted by Crippen LogP contribution is 2.52. The Morgan fingerprint density at radius 1 is 1.12 bits per heavy atom. The largest absolute Gasteiger partial charge is 0.480 e. The second kappa shape index (κ2) is 9.26. The Morgan fingerprint density at radius 2 is 1.82 bits per heavy atom. The number of fused-ring (bicyclic) bond motifs is 1. The lowest BCUT2D eigenvalue weighted by Crippen LogP contribution is -2.57. The Morgan fingerprint density at radius 3 is 2.45 bits per heavy atom. The summed E-state index contributed by atoms with van der Waals surface area (Å²) >= 11 is 18.9. The summed E-state index contributed by atoms with van der Waals surface area (Å²) in [6.07, 6.45) is 1.45. The zero-order valence-electron chi connectivity index (χ0n) is 17.9. The van der Waals surface area contributed by atoms with Gasteiger partial charge in [0.2, 0.25) is 11.8 Å². The van der Waals surface area contributed by atoms with E-state index in [2.05, 4.69) is 5.32 Å². The van der Waals surface area contributed by atoms with Crippen molar-refractivity contribution in [2.45, 2.75) is 37.8 Å². The van der Waals surface area contributed by atoms with Gasteiger partial charge in [0.25, 0.3) is 0 Å². The van der Waals surface area contributed by atoms with Gasteiger partial charge in [0.15, 0.2) is 0 Å². The van der Waals surface area contributed by atoms with E-state index in [9.17, 15) is 19.5 Å². The molecule has 4 atom stereocenters. The smallest absolute Gasteiger partial charge is 0.325 e. The average Bonchev–Trinajstić information content (AvgIpc) is 3.24. The van der Waals surface area contributed by atoms with Gasteiger partial charge in [0.1, 0.15) is 5.54 Å². The second-order valence-corrected chi connectivity index (χ2v) is 9.76. The summed E-state index contributed by atoms with van der Waals surface area (Å²) in [5.41, 5.74) is -0.573. The van der Waals surface area contributed by atoms with Crippen LogP contribution < -0.4 is 5.32 Å².